The van der Waals surface area contributed by atoms with Gasteiger partial charge in [-0.3, -0.25) is 9.59 Å². The van der Waals surface area contributed by atoms with Crippen molar-refractivity contribution in [3.05, 3.63) is 24.3 Å². The van der Waals surface area contributed by atoms with Crippen LogP contribution in [-0.2, 0) is 9.59 Å². The van der Waals surface area contributed by atoms with Gasteiger partial charge in [0.2, 0.25) is 5.91 Å². The summed E-state index contributed by atoms with van der Waals surface area (Å²) < 4.78 is 5.36. The van der Waals surface area contributed by atoms with Crippen molar-refractivity contribution in [1.82, 2.24) is 4.90 Å². The van der Waals surface area contributed by atoms with Gasteiger partial charge in [-0.15, -0.1) is 0 Å². The molecular formula is C16H24N2O3. The van der Waals surface area contributed by atoms with Gasteiger partial charge in [0.05, 0.1) is 0 Å². The molecule has 0 unspecified atom stereocenters. The van der Waals surface area contributed by atoms with Gasteiger partial charge >= 0.3 is 0 Å². The van der Waals surface area contributed by atoms with Crippen LogP contribution in [0, 0.1) is 5.92 Å². The lowest BCUT2D eigenvalue weighted by atomic mass is 10.1. The van der Waals surface area contributed by atoms with Crippen molar-refractivity contribution in [1.29, 1.82) is 0 Å². The van der Waals surface area contributed by atoms with Crippen LogP contribution in [0.15, 0.2) is 24.3 Å². The second-order valence-electron chi connectivity index (χ2n) is 5.58. The van der Waals surface area contributed by atoms with E-state index in [0.717, 1.165) is 12.1 Å². The van der Waals surface area contributed by atoms with E-state index in [1.165, 1.54) is 4.90 Å². The summed E-state index contributed by atoms with van der Waals surface area (Å²) in [5, 5.41) is 2.84. The van der Waals surface area contributed by atoms with E-state index in [0.29, 0.717) is 18.1 Å². The zero-order chi connectivity index (χ0) is 15.8. The van der Waals surface area contributed by atoms with E-state index in [-0.39, 0.29) is 18.4 Å². The maximum absolute atomic E-state index is 11.7. The molecule has 1 aromatic carbocycles. The maximum atomic E-state index is 11.7. The lowest BCUT2D eigenvalue weighted by Crippen LogP contribution is -2.27. The van der Waals surface area contributed by atoms with E-state index in [2.05, 4.69) is 19.2 Å². The normalized spacial score (nSPS) is 10.3. The molecule has 0 fully saturated rings. The summed E-state index contributed by atoms with van der Waals surface area (Å²) >= 11 is 0. The Kier molecular flexibility index (Phi) is 6.72. The second kappa shape index (κ2) is 8.29. The molecule has 0 bridgehead atoms. The molecule has 1 aromatic rings. The summed E-state index contributed by atoms with van der Waals surface area (Å²) in [4.78, 5) is 24.6. The summed E-state index contributed by atoms with van der Waals surface area (Å²) in [5.41, 5.74) is 0.732. The predicted octanol–water partition coefficient (Wildman–Crippen LogP) is 2.53. The quantitative estimate of drug-likeness (QED) is 0.840. The Labute approximate surface area is 126 Å². The lowest BCUT2D eigenvalue weighted by molar-refractivity contribution is -0.130. The number of likely N-dealkylation sites (N-methyl/N-ethyl adjacent to an activating group) is 1. The van der Waals surface area contributed by atoms with Crippen LogP contribution in [0.5, 0.6) is 5.75 Å². The van der Waals surface area contributed by atoms with Gasteiger partial charge in [0.15, 0.2) is 6.61 Å². The largest absolute Gasteiger partial charge is 0.484 e. The maximum Gasteiger partial charge on any atom is 0.259 e. The van der Waals surface area contributed by atoms with Gasteiger partial charge < -0.3 is 15.0 Å². The highest BCUT2D eigenvalue weighted by molar-refractivity contribution is 5.90. The molecule has 2 amide bonds. The first kappa shape index (κ1) is 17.0. The van der Waals surface area contributed by atoms with E-state index in [1.54, 1.807) is 38.4 Å². The van der Waals surface area contributed by atoms with Crippen LogP contribution in [0.25, 0.3) is 0 Å². The number of hydrogen-bond donors (Lipinski definition) is 1. The predicted molar refractivity (Wildman–Crippen MR) is 83.3 cm³/mol. The highest BCUT2D eigenvalue weighted by atomic mass is 16.5. The molecule has 1 rings (SSSR count). The second-order valence-corrected chi connectivity index (χ2v) is 5.58. The van der Waals surface area contributed by atoms with Crippen molar-refractivity contribution in [2.45, 2.75) is 26.7 Å². The molecule has 0 aliphatic heterocycles. The molecule has 0 aromatic heterocycles. The molecule has 5 nitrogen and oxygen atoms in total. The summed E-state index contributed by atoms with van der Waals surface area (Å²) in [7, 11) is 3.36. The first-order chi connectivity index (χ1) is 9.88. The number of ether oxygens (including phenoxy) is 1. The summed E-state index contributed by atoms with van der Waals surface area (Å²) in [5.74, 6) is 1.03. The van der Waals surface area contributed by atoms with Crippen LogP contribution in [0.1, 0.15) is 26.7 Å². The van der Waals surface area contributed by atoms with Gasteiger partial charge in [0.25, 0.3) is 5.91 Å². The molecule has 0 heterocycles. The average molecular weight is 292 g/mol. The number of carbonyl (C=O) groups excluding carboxylic acids is 2. The standard InChI is InChI=1S/C16H24N2O3/c1-12(2)5-10-15(19)17-13-6-8-14(9-7-13)21-11-16(20)18(3)4/h6-9,12H,5,10-11H2,1-4H3,(H,17,19). The van der Waals surface area contributed by atoms with Gasteiger partial charge in [-0.25, -0.2) is 0 Å². The Hall–Kier alpha value is -2.04. The third-order valence-electron chi connectivity index (χ3n) is 2.95. The van der Waals surface area contributed by atoms with Crippen LogP contribution in [0.3, 0.4) is 0 Å². The Bertz CT molecular complexity index is 467. The van der Waals surface area contributed by atoms with E-state index in [4.69, 9.17) is 4.74 Å². The summed E-state index contributed by atoms with van der Waals surface area (Å²) in [6.45, 7) is 4.19. The van der Waals surface area contributed by atoms with E-state index in [9.17, 15) is 9.59 Å². The van der Waals surface area contributed by atoms with Crippen molar-refractivity contribution in [2.75, 3.05) is 26.0 Å². The fourth-order valence-corrected chi connectivity index (χ4v) is 1.55. The Balaban J connectivity index is 2.43. The van der Waals surface area contributed by atoms with Crippen molar-refractivity contribution in [3.63, 3.8) is 0 Å². The minimum absolute atomic E-state index is 0.00704. The highest BCUT2D eigenvalue weighted by Gasteiger charge is 2.06. The number of amides is 2. The molecular weight excluding hydrogens is 268 g/mol. The first-order valence-corrected chi connectivity index (χ1v) is 7.11. The van der Waals surface area contributed by atoms with Crippen molar-refractivity contribution < 1.29 is 14.3 Å². The van der Waals surface area contributed by atoms with Crippen molar-refractivity contribution >= 4 is 17.5 Å². The Morgan fingerprint density at radius 3 is 2.33 bits per heavy atom. The van der Waals surface area contributed by atoms with Crippen molar-refractivity contribution in [3.8, 4) is 5.75 Å². The zero-order valence-electron chi connectivity index (χ0n) is 13.2. The summed E-state index contributed by atoms with van der Waals surface area (Å²) in [6, 6.07) is 7.01. The number of nitrogens with one attached hydrogen (secondary N) is 1. The molecule has 0 saturated heterocycles. The number of benzene rings is 1. The molecule has 0 spiro atoms. The molecule has 21 heavy (non-hydrogen) atoms. The highest BCUT2D eigenvalue weighted by Crippen LogP contribution is 2.16. The minimum Gasteiger partial charge on any atom is -0.484 e. The molecule has 5 heteroatoms. The Morgan fingerprint density at radius 1 is 1.19 bits per heavy atom. The Morgan fingerprint density at radius 2 is 1.81 bits per heavy atom. The lowest BCUT2D eigenvalue weighted by Gasteiger charge is -2.12. The van der Waals surface area contributed by atoms with Crippen molar-refractivity contribution in [2.24, 2.45) is 5.92 Å². The molecule has 0 aliphatic carbocycles. The molecule has 0 aliphatic rings. The van der Waals surface area contributed by atoms with Gasteiger partial charge in [-0.1, -0.05) is 13.8 Å². The third kappa shape index (κ3) is 6.79. The van der Waals surface area contributed by atoms with Gasteiger partial charge in [0.1, 0.15) is 5.75 Å². The average Bonchev–Trinajstić information content (AvgIpc) is 2.44. The van der Waals surface area contributed by atoms with Gasteiger partial charge in [-0.05, 0) is 36.6 Å². The summed E-state index contributed by atoms with van der Waals surface area (Å²) in [6.07, 6.45) is 1.40. The topological polar surface area (TPSA) is 58.6 Å². The fourth-order valence-electron chi connectivity index (χ4n) is 1.55. The minimum atomic E-state index is -0.0962. The monoisotopic (exact) mass is 292 g/mol. The molecule has 0 radical (unpaired) electrons. The van der Waals surface area contributed by atoms with Crippen LogP contribution in [0.2, 0.25) is 0 Å². The van der Waals surface area contributed by atoms with Gasteiger partial charge in [0, 0.05) is 26.2 Å². The molecule has 1 N–H and O–H groups in total. The fraction of sp³-hybridized carbons (Fsp3) is 0.500. The molecule has 116 valence electrons. The third-order valence-corrected chi connectivity index (χ3v) is 2.95. The van der Waals surface area contributed by atoms with Crippen LogP contribution in [-0.4, -0.2) is 37.4 Å². The molecule has 0 atom stereocenters. The van der Waals surface area contributed by atoms with E-state index < -0.39 is 0 Å². The zero-order valence-corrected chi connectivity index (χ0v) is 13.2. The number of carbonyl (C=O) groups is 2. The molecule has 0 saturated carbocycles. The van der Waals surface area contributed by atoms with Crippen LogP contribution in [0.4, 0.5) is 5.69 Å². The SMILES string of the molecule is CC(C)CCC(=O)Nc1ccc(OCC(=O)N(C)C)cc1. The smallest absolute Gasteiger partial charge is 0.259 e. The van der Waals surface area contributed by atoms with Crippen LogP contribution < -0.4 is 10.1 Å². The number of hydrogen-bond acceptors (Lipinski definition) is 3. The number of anilines is 1. The number of nitrogens with zero attached hydrogens (tertiary/aromatic N) is 1. The van der Waals surface area contributed by atoms with E-state index >= 15 is 0 Å². The van der Waals surface area contributed by atoms with Gasteiger partial charge in [-0.2, -0.15) is 0 Å². The number of rotatable bonds is 7. The van der Waals surface area contributed by atoms with E-state index in [1.807, 2.05) is 0 Å². The van der Waals surface area contributed by atoms with Crippen LogP contribution >= 0.6 is 0 Å². The first-order valence-electron chi connectivity index (χ1n) is 7.11.